The molecule has 38 heavy (non-hydrogen) atoms. The highest BCUT2D eigenvalue weighted by Gasteiger charge is 2.46. The summed E-state index contributed by atoms with van der Waals surface area (Å²) in [6.45, 7) is 3.97. The number of ketones is 1. The number of aliphatic hydroxyl groups is 1. The number of likely N-dealkylation sites (tertiary alicyclic amines) is 1. The first-order chi connectivity index (χ1) is 18.3. The van der Waals surface area contributed by atoms with E-state index in [0.29, 0.717) is 46.7 Å². The summed E-state index contributed by atoms with van der Waals surface area (Å²) in [5, 5.41) is 21.7. The molecule has 2 heterocycles. The van der Waals surface area contributed by atoms with Crippen molar-refractivity contribution in [2.75, 3.05) is 60.7 Å². The molecule has 10 nitrogen and oxygen atoms in total. The Morgan fingerprint density at radius 2 is 1.68 bits per heavy atom. The van der Waals surface area contributed by atoms with Crippen LogP contribution in [-0.2, 0) is 14.3 Å². The normalized spacial score (nSPS) is 19.6. The second-order valence-corrected chi connectivity index (χ2v) is 9.78. The zero-order valence-electron chi connectivity index (χ0n) is 21.5. The molecular weight excluding hydrogens is 560 g/mol. The number of hydrogen-bond donors (Lipinski definition) is 2. The highest BCUT2D eigenvalue weighted by molar-refractivity contribution is 9.10. The fourth-order valence-corrected chi connectivity index (χ4v) is 5.25. The van der Waals surface area contributed by atoms with Gasteiger partial charge in [-0.05, 0) is 58.2 Å². The van der Waals surface area contributed by atoms with Crippen LogP contribution in [0.4, 0.5) is 0 Å². The summed E-state index contributed by atoms with van der Waals surface area (Å²) in [6, 6.07) is 7.02. The number of hydrogen-bond acceptors (Lipinski definition) is 9. The van der Waals surface area contributed by atoms with Crippen LogP contribution < -0.4 is 14.2 Å². The minimum absolute atomic E-state index is 0.0618. The van der Waals surface area contributed by atoms with E-state index in [-0.39, 0.29) is 29.4 Å². The molecule has 0 radical (unpaired) electrons. The van der Waals surface area contributed by atoms with Crippen molar-refractivity contribution in [3.05, 3.63) is 51.5 Å². The summed E-state index contributed by atoms with van der Waals surface area (Å²) < 4.78 is 21.7. The van der Waals surface area contributed by atoms with Gasteiger partial charge in [0.1, 0.15) is 5.76 Å². The molecule has 11 heteroatoms. The van der Waals surface area contributed by atoms with Crippen molar-refractivity contribution in [2.24, 2.45) is 0 Å². The molecule has 2 aliphatic heterocycles. The average Bonchev–Trinajstić information content (AvgIpc) is 3.19. The number of amides is 1. The van der Waals surface area contributed by atoms with Crippen molar-refractivity contribution in [1.82, 2.24) is 9.80 Å². The molecule has 2 aliphatic rings. The second kappa shape index (κ2) is 12.1. The number of morpholine rings is 1. The standard InChI is InChI=1S/C27H31BrN2O8/c1-35-19-6-5-16(14-20(19)36-2)24(31)22-23(17-13-18(28)25(32)21(15-17)37-3)30(27(34)26(22)33)8-4-7-29-9-11-38-12-10-29/h5-6,13-15,23,31-32H,4,7-12H2,1-3H3. The van der Waals surface area contributed by atoms with E-state index in [0.717, 1.165) is 19.6 Å². The Labute approximate surface area is 229 Å². The molecule has 2 aromatic rings. The largest absolute Gasteiger partial charge is 0.507 e. The number of carbonyl (C=O) groups excluding carboxylic acids is 2. The van der Waals surface area contributed by atoms with Crippen LogP contribution in [0.15, 0.2) is 40.4 Å². The quantitative estimate of drug-likeness (QED) is 0.257. The lowest BCUT2D eigenvalue weighted by Crippen LogP contribution is -2.39. The number of benzene rings is 2. The first-order valence-electron chi connectivity index (χ1n) is 12.2. The highest BCUT2D eigenvalue weighted by Crippen LogP contribution is 2.45. The van der Waals surface area contributed by atoms with Gasteiger partial charge in [0.15, 0.2) is 23.0 Å². The average molecular weight is 591 g/mol. The number of Topliss-reactive ketones (excluding diaryl/α,β-unsaturated/α-hetero) is 1. The fraction of sp³-hybridized carbons (Fsp3) is 0.407. The topological polar surface area (TPSA) is 118 Å². The van der Waals surface area contributed by atoms with E-state index in [1.165, 1.54) is 26.2 Å². The van der Waals surface area contributed by atoms with Crippen LogP contribution in [0.2, 0.25) is 0 Å². The number of ether oxygens (including phenoxy) is 4. The maximum atomic E-state index is 13.4. The minimum atomic E-state index is -0.904. The molecule has 2 fully saturated rings. The van der Waals surface area contributed by atoms with Gasteiger partial charge < -0.3 is 34.1 Å². The molecule has 1 unspecified atom stereocenters. The molecule has 204 valence electrons. The van der Waals surface area contributed by atoms with E-state index in [2.05, 4.69) is 20.8 Å². The van der Waals surface area contributed by atoms with Crippen LogP contribution in [0, 0.1) is 0 Å². The number of halogens is 1. The smallest absolute Gasteiger partial charge is 0.295 e. The molecule has 0 aliphatic carbocycles. The first-order valence-corrected chi connectivity index (χ1v) is 13.0. The maximum Gasteiger partial charge on any atom is 0.295 e. The molecule has 0 bridgehead atoms. The Morgan fingerprint density at radius 1 is 1.00 bits per heavy atom. The van der Waals surface area contributed by atoms with E-state index in [4.69, 9.17) is 18.9 Å². The van der Waals surface area contributed by atoms with Gasteiger partial charge in [-0.2, -0.15) is 0 Å². The summed E-state index contributed by atoms with van der Waals surface area (Å²) in [5.74, 6) is -0.967. The molecular formula is C27H31BrN2O8. The molecule has 0 saturated carbocycles. The summed E-state index contributed by atoms with van der Waals surface area (Å²) in [5.41, 5.74) is 0.733. The third-order valence-electron chi connectivity index (χ3n) is 6.76. The van der Waals surface area contributed by atoms with Gasteiger partial charge in [-0.3, -0.25) is 14.5 Å². The zero-order valence-corrected chi connectivity index (χ0v) is 23.1. The predicted octanol–water partition coefficient (Wildman–Crippen LogP) is 3.32. The molecule has 1 atom stereocenters. The van der Waals surface area contributed by atoms with Crippen LogP contribution in [0.3, 0.4) is 0 Å². The van der Waals surface area contributed by atoms with Gasteiger partial charge in [-0.25, -0.2) is 0 Å². The number of rotatable bonds is 9. The van der Waals surface area contributed by atoms with Crippen molar-refractivity contribution >= 4 is 33.4 Å². The fourth-order valence-electron chi connectivity index (χ4n) is 4.79. The molecule has 4 rings (SSSR count). The Balaban J connectivity index is 1.77. The Kier molecular flexibility index (Phi) is 8.80. The van der Waals surface area contributed by atoms with Crippen LogP contribution in [0.5, 0.6) is 23.0 Å². The first kappa shape index (κ1) is 27.7. The van der Waals surface area contributed by atoms with E-state index in [1.54, 1.807) is 30.3 Å². The lowest BCUT2D eigenvalue weighted by molar-refractivity contribution is -0.140. The van der Waals surface area contributed by atoms with Crippen LogP contribution in [0.1, 0.15) is 23.6 Å². The Hall–Kier alpha value is -3.28. The number of phenolic OH excluding ortho intramolecular Hbond substituents is 1. The van der Waals surface area contributed by atoms with Gasteiger partial charge in [0.25, 0.3) is 11.7 Å². The number of aliphatic hydroxyl groups excluding tert-OH is 1. The van der Waals surface area contributed by atoms with Crippen LogP contribution >= 0.6 is 15.9 Å². The van der Waals surface area contributed by atoms with Gasteiger partial charge in [-0.1, -0.05) is 0 Å². The van der Waals surface area contributed by atoms with Gasteiger partial charge in [0.2, 0.25) is 0 Å². The predicted molar refractivity (Wildman–Crippen MR) is 143 cm³/mol. The number of carbonyl (C=O) groups is 2. The maximum absolute atomic E-state index is 13.4. The SMILES string of the molecule is COc1ccc(C(O)=C2C(=O)C(=O)N(CCCN3CCOCC3)C2c2cc(Br)c(O)c(OC)c2)cc1OC. The van der Waals surface area contributed by atoms with Gasteiger partial charge in [0, 0.05) is 31.7 Å². The number of nitrogens with zero attached hydrogens (tertiary/aromatic N) is 2. The van der Waals surface area contributed by atoms with E-state index < -0.39 is 17.7 Å². The van der Waals surface area contributed by atoms with Gasteiger partial charge in [0.05, 0.1) is 50.6 Å². The molecule has 1 amide bonds. The minimum Gasteiger partial charge on any atom is -0.507 e. The van der Waals surface area contributed by atoms with Crippen molar-refractivity contribution in [1.29, 1.82) is 0 Å². The van der Waals surface area contributed by atoms with Gasteiger partial charge >= 0.3 is 0 Å². The summed E-state index contributed by atoms with van der Waals surface area (Å²) in [6.07, 6.45) is 0.621. The third-order valence-corrected chi connectivity index (χ3v) is 7.36. The highest BCUT2D eigenvalue weighted by atomic mass is 79.9. The second-order valence-electron chi connectivity index (χ2n) is 8.92. The molecule has 2 saturated heterocycles. The monoisotopic (exact) mass is 590 g/mol. The van der Waals surface area contributed by atoms with E-state index >= 15 is 0 Å². The summed E-state index contributed by atoms with van der Waals surface area (Å²) in [7, 11) is 4.37. The lowest BCUT2D eigenvalue weighted by atomic mass is 9.94. The Bertz CT molecular complexity index is 1240. The van der Waals surface area contributed by atoms with E-state index in [9.17, 15) is 19.8 Å². The summed E-state index contributed by atoms with van der Waals surface area (Å²) >= 11 is 3.33. The van der Waals surface area contributed by atoms with Crippen molar-refractivity contribution < 1.29 is 38.7 Å². The van der Waals surface area contributed by atoms with Crippen molar-refractivity contribution in [3.63, 3.8) is 0 Å². The van der Waals surface area contributed by atoms with Crippen LogP contribution in [-0.4, -0.2) is 92.4 Å². The molecule has 0 spiro atoms. The Morgan fingerprint density at radius 3 is 2.34 bits per heavy atom. The zero-order chi connectivity index (χ0) is 27.4. The van der Waals surface area contributed by atoms with Crippen molar-refractivity contribution in [2.45, 2.75) is 12.5 Å². The number of phenols is 1. The van der Waals surface area contributed by atoms with Crippen molar-refractivity contribution in [3.8, 4) is 23.0 Å². The van der Waals surface area contributed by atoms with Gasteiger partial charge in [-0.15, -0.1) is 0 Å². The number of aromatic hydroxyl groups is 1. The molecule has 2 N–H and O–H groups in total. The number of methoxy groups -OCH3 is 3. The molecule has 0 aromatic heterocycles. The lowest BCUT2D eigenvalue weighted by Gasteiger charge is -2.29. The van der Waals surface area contributed by atoms with Crippen LogP contribution in [0.25, 0.3) is 5.76 Å². The van der Waals surface area contributed by atoms with E-state index in [1.807, 2.05) is 0 Å². The molecule has 2 aromatic carbocycles. The summed E-state index contributed by atoms with van der Waals surface area (Å²) in [4.78, 5) is 30.4. The third kappa shape index (κ3) is 5.45.